The third-order valence-corrected chi connectivity index (χ3v) is 4.68. The van der Waals surface area contributed by atoms with Gasteiger partial charge in [-0.1, -0.05) is 0 Å². The van der Waals surface area contributed by atoms with Gasteiger partial charge >= 0.3 is 6.09 Å². The zero-order valence-corrected chi connectivity index (χ0v) is 14.2. The van der Waals surface area contributed by atoms with Crippen molar-refractivity contribution in [3.8, 4) is 0 Å². The summed E-state index contributed by atoms with van der Waals surface area (Å²) in [5.41, 5.74) is 1.22. The lowest BCUT2D eigenvalue weighted by Crippen LogP contribution is -2.65. The van der Waals surface area contributed by atoms with E-state index in [9.17, 15) is 9.59 Å². The first-order valence-corrected chi connectivity index (χ1v) is 8.17. The van der Waals surface area contributed by atoms with Crippen LogP contribution in [-0.2, 0) is 4.74 Å². The second-order valence-corrected chi connectivity index (χ2v) is 7.69. The van der Waals surface area contributed by atoms with Gasteiger partial charge in [-0.25, -0.2) is 4.79 Å². The number of H-pyrrole nitrogens is 1. The van der Waals surface area contributed by atoms with Gasteiger partial charge in [0.05, 0.1) is 5.56 Å². The number of rotatable bonds is 2. The Kier molecular flexibility index (Phi) is 3.86. The molecule has 2 saturated heterocycles. The van der Waals surface area contributed by atoms with E-state index >= 15 is 0 Å². The number of nitrogens with one attached hydrogen (secondary N) is 2. The molecule has 0 spiro atoms. The standard InChI is InChI=1S/C17H25N3O3/c1-10-6-18-7-13(10)15(21)20-8-11-5-12(9-20)14(11)19-16(22)23-17(2,3)4/h6-7,11-12,14,18H,5,8-9H2,1-4H3,(H,19,22). The maximum absolute atomic E-state index is 12.6. The van der Waals surface area contributed by atoms with Gasteiger partial charge in [0.1, 0.15) is 5.60 Å². The van der Waals surface area contributed by atoms with Gasteiger partial charge in [-0.05, 0) is 51.5 Å². The van der Waals surface area contributed by atoms with Gasteiger partial charge in [0.25, 0.3) is 5.91 Å². The molecule has 126 valence electrons. The van der Waals surface area contributed by atoms with Crippen LogP contribution < -0.4 is 5.32 Å². The molecule has 0 aromatic carbocycles. The Morgan fingerprint density at radius 3 is 2.43 bits per heavy atom. The molecule has 3 heterocycles. The molecule has 4 rings (SSSR count). The summed E-state index contributed by atoms with van der Waals surface area (Å²) in [7, 11) is 0. The van der Waals surface area contributed by atoms with Crippen molar-refractivity contribution in [3.05, 3.63) is 23.5 Å². The monoisotopic (exact) mass is 319 g/mol. The fourth-order valence-corrected chi connectivity index (χ4v) is 3.58. The second-order valence-electron chi connectivity index (χ2n) is 7.69. The summed E-state index contributed by atoms with van der Waals surface area (Å²) >= 11 is 0. The summed E-state index contributed by atoms with van der Waals surface area (Å²) in [5.74, 6) is 0.725. The van der Waals surface area contributed by atoms with Crippen LogP contribution in [0, 0.1) is 18.8 Å². The highest BCUT2D eigenvalue weighted by atomic mass is 16.6. The number of nitrogens with zero attached hydrogens (tertiary/aromatic N) is 1. The van der Waals surface area contributed by atoms with Crippen molar-refractivity contribution in [1.82, 2.24) is 15.2 Å². The van der Waals surface area contributed by atoms with Crippen molar-refractivity contribution in [2.24, 2.45) is 11.8 Å². The van der Waals surface area contributed by atoms with Gasteiger partial charge in [0.15, 0.2) is 0 Å². The molecule has 6 nitrogen and oxygen atoms in total. The van der Waals surface area contributed by atoms with E-state index in [4.69, 9.17) is 4.74 Å². The zero-order valence-electron chi connectivity index (χ0n) is 14.2. The third-order valence-electron chi connectivity index (χ3n) is 4.68. The van der Waals surface area contributed by atoms with Crippen LogP contribution in [0.3, 0.4) is 0 Å². The number of piperidine rings is 2. The van der Waals surface area contributed by atoms with Crippen LogP contribution in [0.4, 0.5) is 4.79 Å². The van der Waals surface area contributed by atoms with E-state index in [1.54, 1.807) is 6.20 Å². The first-order chi connectivity index (χ1) is 10.7. The van der Waals surface area contributed by atoms with Gasteiger partial charge in [0, 0.05) is 31.5 Å². The molecule has 2 atom stereocenters. The second kappa shape index (κ2) is 5.58. The highest BCUT2D eigenvalue weighted by Crippen LogP contribution is 2.40. The zero-order chi connectivity index (χ0) is 16.8. The molecular weight excluding hydrogens is 294 g/mol. The van der Waals surface area contributed by atoms with Crippen LogP contribution in [0.5, 0.6) is 0 Å². The number of fused-ring (bicyclic) bond motifs is 2. The summed E-state index contributed by atoms with van der Waals surface area (Å²) < 4.78 is 5.32. The quantitative estimate of drug-likeness (QED) is 0.878. The number of ether oxygens (including phenoxy) is 1. The lowest BCUT2D eigenvalue weighted by Gasteiger charge is -2.53. The van der Waals surface area contributed by atoms with E-state index in [0.717, 1.165) is 17.5 Å². The van der Waals surface area contributed by atoms with Gasteiger partial charge in [-0.2, -0.15) is 0 Å². The van der Waals surface area contributed by atoms with Gasteiger partial charge in [0.2, 0.25) is 0 Å². The molecule has 3 aliphatic rings. The predicted octanol–water partition coefficient (Wildman–Crippen LogP) is 2.31. The Hall–Kier alpha value is -1.98. The number of hydrogen-bond donors (Lipinski definition) is 2. The van der Waals surface area contributed by atoms with Gasteiger partial charge in [-0.15, -0.1) is 0 Å². The molecule has 1 saturated carbocycles. The number of alkyl carbamates (subject to hydrolysis) is 1. The van der Waals surface area contributed by atoms with Crippen molar-refractivity contribution in [1.29, 1.82) is 0 Å². The summed E-state index contributed by atoms with van der Waals surface area (Å²) in [5, 5.41) is 2.98. The molecule has 0 radical (unpaired) electrons. The summed E-state index contributed by atoms with van der Waals surface area (Å²) in [6.45, 7) is 8.89. The molecule has 2 N–H and O–H groups in total. The van der Waals surface area contributed by atoms with Crippen molar-refractivity contribution in [2.75, 3.05) is 13.1 Å². The average molecular weight is 319 g/mol. The highest BCUT2D eigenvalue weighted by Gasteiger charge is 2.49. The lowest BCUT2D eigenvalue weighted by molar-refractivity contribution is -0.0151. The SMILES string of the molecule is Cc1c[nH]cc1C(=O)N1CC2CC(C1)C2NC(=O)OC(C)(C)C. The van der Waals surface area contributed by atoms with Crippen LogP contribution in [0.1, 0.15) is 43.1 Å². The summed E-state index contributed by atoms with van der Waals surface area (Å²) in [6, 6.07) is 0.126. The van der Waals surface area contributed by atoms with E-state index in [-0.39, 0.29) is 18.0 Å². The minimum absolute atomic E-state index is 0.0779. The molecule has 2 unspecified atom stereocenters. The lowest BCUT2D eigenvalue weighted by atomic mass is 9.66. The van der Waals surface area contributed by atoms with Crippen LogP contribution in [0.25, 0.3) is 0 Å². The first kappa shape index (κ1) is 15.9. The van der Waals surface area contributed by atoms with Crippen molar-refractivity contribution >= 4 is 12.0 Å². The molecule has 2 aliphatic heterocycles. The predicted molar refractivity (Wildman–Crippen MR) is 86.2 cm³/mol. The van der Waals surface area contributed by atoms with E-state index < -0.39 is 5.60 Å². The molecule has 1 aliphatic carbocycles. The number of aromatic amines is 1. The number of carbonyl (C=O) groups is 2. The average Bonchev–Trinajstić information content (AvgIpc) is 2.88. The van der Waals surface area contributed by atoms with E-state index in [1.807, 2.05) is 38.8 Å². The minimum Gasteiger partial charge on any atom is -0.444 e. The molecule has 3 fully saturated rings. The van der Waals surface area contributed by atoms with E-state index in [2.05, 4.69) is 10.3 Å². The summed E-state index contributed by atoms with van der Waals surface area (Å²) in [4.78, 5) is 29.4. The fraction of sp³-hybridized carbons (Fsp3) is 0.647. The number of aromatic nitrogens is 1. The van der Waals surface area contributed by atoms with Crippen LogP contribution in [0.15, 0.2) is 12.4 Å². The normalized spacial score (nSPS) is 26.4. The minimum atomic E-state index is -0.489. The molecule has 6 heteroatoms. The number of amides is 2. The van der Waals surface area contributed by atoms with Crippen molar-refractivity contribution in [2.45, 2.75) is 45.8 Å². The van der Waals surface area contributed by atoms with Gasteiger partial charge in [-0.3, -0.25) is 4.79 Å². The third kappa shape index (κ3) is 3.21. The Morgan fingerprint density at radius 1 is 1.26 bits per heavy atom. The Bertz CT molecular complexity index is 605. The van der Waals surface area contributed by atoms with Crippen molar-refractivity contribution in [3.63, 3.8) is 0 Å². The fourth-order valence-electron chi connectivity index (χ4n) is 3.58. The topological polar surface area (TPSA) is 74.4 Å². The van der Waals surface area contributed by atoms with Gasteiger partial charge < -0.3 is 19.9 Å². The molecular formula is C17H25N3O3. The molecule has 1 aromatic rings. The number of carbonyl (C=O) groups excluding carboxylic acids is 2. The summed E-state index contributed by atoms with van der Waals surface area (Å²) in [6.07, 6.45) is 4.30. The highest BCUT2D eigenvalue weighted by molar-refractivity contribution is 5.95. The Balaban J connectivity index is 1.57. The number of aryl methyl sites for hydroxylation is 1. The van der Waals surface area contributed by atoms with Crippen LogP contribution >= 0.6 is 0 Å². The number of hydrogen-bond acceptors (Lipinski definition) is 3. The van der Waals surface area contributed by atoms with Crippen LogP contribution in [0.2, 0.25) is 0 Å². The van der Waals surface area contributed by atoms with E-state index in [0.29, 0.717) is 24.9 Å². The molecule has 1 aromatic heterocycles. The first-order valence-electron chi connectivity index (χ1n) is 8.17. The Labute approximate surface area is 136 Å². The largest absolute Gasteiger partial charge is 0.444 e. The molecule has 2 amide bonds. The van der Waals surface area contributed by atoms with Crippen molar-refractivity contribution < 1.29 is 14.3 Å². The van der Waals surface area contributed by atoms with Crippen LogP contribution in [-0.4, -0.2) is 46.6 Å². The maximum Gasteiger partial charge on any atom is 0.407 e. The smallest absolute Gasteiger partial charge is 0.407 e. The molecule has 2 bridgehead atoms. The Morgan fingerprint density at radius 2 is 1.91 bits per heavy atom. The van der Waals surface area contributed by atoms with E-state index in [1.165, 1.54) is 0 Å². The molecule has 23 heavy (non-hydrogen) atoms. The maximum atomic E-state index is 12.6.